The molecule has 164 valence electrons. The maximum absolute atomic E-state index is 6.05. The Morgan fingerprint density at radius 1 is 0.824 bits per heavy atom. The zero-order valence-corrected chi connectivity index (χ0v) is 19.8. The van der Waals surface area contributed by atoms with Gasteiger partial charge in [-0.1, -0.05) is 67.6 Å². The van der Waals surface area contributed by atoms with Crippen molar-refractivity contribution in [2.24, 2.45) is 5.92 Å². The van der Waals surface area contributed by atoms with E-state index in [-0.39, 0.29) is 0 Å². The van der Waals surface area contributed by atoms with Crippen LogP contribution in [0.15, 0.2) is 91.0 Å². The molecule has 2 nitrogen and oxygen atoms in total. The lowest BCUT2D eigenvalue weighted by molar-refractivity contribution is 0.691. The minimum atomic E-state index is 0.531. The fraction of sp³-hybridized carbons (Fsp3) is 0.0968. The predicted molar refractivity (Wildman–Crippen MR) is 148 cm³/mol. The van der Waals surface area contributed by atoms with E-state index in [1.54, 1.807) is 0 Å². The average molecular weight is 457 g/mol. The van der Waals surface area contributed by atoms with Crippen molar-refractivity contribution >= 4 is 54.2 Å². The highest BCUT2D eigenvalue weighted by atomic mass is 32.1. The van der Waals surface area contributed by atoms with Crippen molar-refractivity contribution < 1.29 is 0 Å². The van der Waals surface area contributed by atoms with E-state index in [9.17, 15) is 0 Å². The van der Waals surface area contributed by atoms with Crippen molar-refractivity contribution in [2.75, 3.05) is 5.73 Å². The molecule has 3 heteroatoms. The van der Waals surface area contributed by atoms with Crippen molar-refractivity contribution in [2.45, 2.75) is 13.3 Å². The molecule has 1 aliphatic rings. The molecule has 1 unspecified atom stereocenters. The van der Waals surface area contributed by atoms with Crippen molar-refractivity contribution in [3.63, 3.8) is 0 Å². The molecule has 1 aliphatic carbocycles. The van der Waals surface area contributed by atoms with Gasteiger partial charge in [-0.25, -0.2) is 0 Å². The van der Waals surface area contributed by atoms with Gasteiger partial charge in [0.25, 0.3) is 0 Å². The van der Waals surface area contributed by atoms with Gasteiger partial charge in [0.05, 0.1) is 11.2 Å². The summed E-state index contributed by atoms with van der Waals surface area (Å²) in [7, 11) is 0. The highest BCUT2D eigenvalue weighted by Crippen LogP contribution is 2.41. The topological polar surface area (TPSA) is 30.9 Å². The van der Waals surface area contributed by atoms with Gasteiger partial charge in [0.2, 0.25) is 0 Å². The second-order valence-corrected chi connectivity index (χ2v) is 10.4. The molecule has 0 amide bonds. The largest absolute Gasteiger partial charge is 0.399 e. The Bertz CT molecular complexity index is 1770. The second-order valence-electron chi connectivity index (χ2n) is 9.34. The summed E-state index contributed by atoms with van der Waals surface area (Å²) in [6, 6.07) is 30.7. The predicted octanol–water partition coefficient (Wildman–Crippen LogP) is 8.45. The SMILES string of the molecule is CC1C=Cc2c(n(-c3ccccc3-c3ccc4sc5cc(N)ccc5c4c3)c3ccccc23)C1. The molecular formula is C31H24N2S. The van der Waals surface area contributed by atoms with Gasteiger partial charge in [-0.2, -0.15) is 0 Å². The smallest absolute Gasteiger partial charge is 0.0537 e. The summed E-state index contributed by atoms with van der Waals surface area (Å²) in [5.41, 5.74) is 14.6. The van der Waals surface area contributed by atoms with Gasteiger partial charge < -0.3 is 10.3 Å². The van der Waals surface area contributed by atoms with Crippen LogP contribution in [0.3, 0.4) is 0 Å². The van der Waals surface area contributed by atoms with Gasteiger partial charge in [-0.3, -0.25) is 0 Å². The van der Waals surface area contributed by atoms with Crippen LogP contribution >= 0.6 is 11.3 Å². The molecule has 6 aromatic rings. The zero-order chi connectivity index (χ0) is 22.8. The van der Waals surface area contributed by atoms with Crippen molar-refractivity contribution in [1.82, 2.24) is 4.57 Å². The van der Waals surface area contributed by atoms with E-state index in [2.05, 4.69) is 103 Å². The number of benzene rings is 4. The summed E-state index contributed by atoms with van der Waals surface area (Å²) in [6.45, 7) is 2.30. The number of anilines is 1. The van der Waals surface area contributed by atoms with Crippen LogP contribution in [0.2, 0.25) is 0 Å². The lowest BCUT2D eigenvalue weighted by Gasteiger charge is -2.19. The Balaban J connectivity index is 1.50. The summed E-state index contributed by atoms with van der Waals surface area (Å²) in [4.78, 5) is 0. The minimum Gasteiger partial charge on any atom is -0.399 e. The van der Waals surface area contributed by atoms with E-state index in [0.717, 1.165) is 12.1 Å². The Morgan fingerprint density at radius 2 is 1.68 bits per heavy atom. The van der Waals surface area contributed by atoms with Crippen LogP contribution in [0.5, 0.6) is 0 Å². The van der Waals surface area contributed by atoms with E-state index < -0.39 is 0 Å². The fourth-order valence-corrected chi connectivity index (χ4v) is 6.62. The van der Waals surface area contributed by atoms with E-state index in [4.69, 9.17) is 5.73 Å². The van der Waals surface area contributed by atoms with Crippen LogP contribution in [-0.4, -0.2) is 4.57 Å². The van der Waals surface area contributed by atoms with Crippen LogP contribution in [-0.2, 0) is 6.42 Å². The molecule has 0 saturated heterocycles. The van der Waals surface area contributed by atoms with Gasteiger partial charge in [-0.05, 0) is 54.3 Å². The van der Waals surface area contributed by atoms with E-state index in [1.165, 1.54) is 59.1 Å². The van der Waals surface area contributed by atoms with Gasteiger partial charge in [0.15, 0.2) is 0 Å². The third-order valence-corrected chi connectivity index (χ3v) is 8.21. The first-order valence-electron chi connectivity index (χ1n) is 11.8. The summed E-state index contributed by atoms with van der Waals surface area (Å²) in [5, 5.41) is 3.90. The number of hydrogen-bond donors (Lipinski definition) is 1. The number of nitrogen functional groups attached to an aromatic ring is 1. The van der Waals surface area contributed by atoms with E-state index in [1.807, 2.05) is 17.4 Å². The molecular weight excluding hydrogens is 432 g/mol. The lowest BCUT2D eigenvalue weighted by atomic mass is 9.94. The number of hydrogen-bond acceptors (Lipinski definition) is 2. The normalized spacial score (nSPS) is 15.4. The Hall–Kier alpha value is -3.82. The zero-order valence-electron chi connectivity index (χ0n) is 19.0. The summed E-state index contributed by atoms with van der Waals surface area (Å²) in [5.74, 6) is 0.531. The maximum atomic E-state index is 6.05. The molecule has 0 fully saturated rings. The van der Waals surface area contributed by atoms with Crippen LogP contribution in [0.25, 0.3) is 54.0 Å². The number of rotatable bonds is 2. The van der Waals surface area contributed by atoms with Crippen LogP contribution < -0.4 is 5.73 Å². The number of aromatic nitrogens is 1. The van der Waals surface area contributed by atoms with Gasteiger partial charge in [-0.15, -0.1) is 11.3 Å². The first kappa shape index (κ1) is 19.6. The van der Waals surface area contributed by atoms with E-state index in [0.29, 0.717) is 5.92 Å². The molecule has 34 heavy (non-hydrogen) atoms. The molecule has 0 saturated carbocycles. The molecule has 2 heterocycles. The number of nitrogens with two attached hydrogens (primary N) is 1. The molecule has 0 spiro atoms. The molecule has 2 N–H and O–H groups in total. The number of fused-ring (bicyclic) bond motifs is 6. The molecule has 0 radical (unpaired) electrons. The summed E-state index contributed by atoms with van der Waals surface area (Å²) < 4.78 is 5.03. The number of allylic oxidation sites excluding steroid dienone is 1. The van der Waals surface area contributed by atoms with Crippen LogP contribution in [0.4, 0.5) is 5.69 Å². The van der Waals surface area contributed by atoms with E-state index >= 15 is 0 Å². The average Bonchev–Trinajstić information content (AvgIpc) is 3.38. The number of thiophene rings is 1. The monoisotopic (exact) mass is 456 g/mol. The number of nitrogens with zero attached hydrogens (tertiary/aromatic N) is 1. The van der Waals surface area contributed by atoms with Gasteiger partial charge >= 0.3 is 0 Å². The van der Waals surface area contributed by atoms with Gasteiger partial charge in [0, 0.05) is 48.1 Å². The first-order chi connectivity index (χ1) is 16.7. The lowest BCUT2D eigenvalue weighted by Crippen LogP contribution is -2.09. The van der Waals surface area contributed by atoms with Crippen molar-refractivity contribution in [3.05, 3.63) is 102 Å². The molecule has 0 bridgehead atoms. The Morgan fingerprint density at radius 3 is 2.62 bits per heavy atom. The van der Waals surface area contributed by atoms with Crippen molar-refractivity contribution in [1.29, 1.82) is 0 Å². The highest BCUT2D eigenvalue weighted by Gasteiger charge is 2.22. The summed E-state index contributed by atoms with van der Waals surface area (Å²) in [6.07, 6.45) is 5.71. The number of para-hydroxylation sites is 2. The quantitative estimate of drug-likeness (QED) is 0.260. The molecule has 2 aromatic heterocycles. The first-order valence-corrected chi connectivity index (χ1v) is 12.6. The van der Waals surface area contributed by atoms with Gasteiger partial charge in [0.1, 0.15) is 0 Å². The minimum absolute atomic E-state index is 0.531. The van der Waals surface area contributed by atoms with Crippen molar-refractivity contribution in [3.8, 4) is 16.8 Å². The van der Waals surface area contributed by atoms with Crippen LogP contribution in [0, 0.1) is 5.92 Å². The standard InChI is InChI=1S/C31H24N2S/c1-19-10-13-24-23-7-3-5-9-28(23)33(29(24)16-19)27-8-4-2-6-22(27)20-11-15-30-26(17-20)25-14-12-21(32)18-31(25)34-30/h2-15,17-19H,16,32H2,1H3. The maximum Gasteiger partial charge on any atom is 0.0537 e. The molecule has 4 aromatic carbocycles. The Kier molecular flexibility index (Phi) is 4.24. The second kappa shape index (κ2) is 7.34. The molecule has 1 atom stereocenters. The summed E-state index contributed by atoms with van der Waals surface area (Å²) >= 11 is 1.81. The third kappa shape index (κ3) is 2.87. The van der Waals surface area contributed by atoms with Crippen LogP contribution in [0.1, 0.15) is 18.2 Å². The molecule has 0 aliphatic heterocycles. The fourth-order valence-electron chi connectivity index (χ4n) is 5.49. The highest BCUT2D eigenvalue weighted by molar-refractivity contribution is 7.25. The molecule has 7 rings (SSSR count). The Labute approximate surface area is 202 Å². The third-order valence-electron chi connectivity index (χ3n) is 7.07.